The molecule has 2 unspecified atom stereocenters. The van der Waals surface area contributed by atoms with Crippen molar-refractivity contribution in [2.45, 2.75) is 24.0 Å². The summed E-state index contributed by atoms with van der Waals surface area (Å²) in [7, 11) is 0. The van der Waals surface area contributed by atoms with E-state index in [4.69, 9.17) is 23.2 Å². The Morgan fingerprint density at radius 1 is 1.40 bits per heavy atom. The fourth-order valence-electron chi connectivity index (χ4n) is 1.66. The summed E-state index contributed by atoms with van der Waals surface area (Å²) >= 11 is 14.0. The van der Waals surface area contributed by atoms with Gasteiger partial charge in [-0.15, -0.1) is 11.8 Å². The summed E-state index contributed by atoms with van der Waals surface area (Å²) in [6, 6.07) is 5.71. The number of hydrogen-bond acceptors (Lipinski definition) is 2. The van der Waals surface area contributed by atoms with Crippen LogP contribution in [0, 0.1) is 0 Å². The maximum atomic E-state index is 6.17. The molecule has 1 N–H and O–H groups in total. The van der Waals surface area contributed by atoms with Crippen molar-refractivity contribution in [2.24, 2.45) is 0 Å². The summed E-state index contributed by atoms with van der Waals surface area (Å²) in [5.41, 5.74) is 1.14. The Morgan fingerprint density at radius 3 is 2.87 bits per heavy atom. The number of hydrogen-bond donors (Lipinski definition) is 1. The van der Waals surface area contributed by atoms with Crippen LogP contribution in [0.3, 0.4) is 0 Å². The first-order valence-corrected chi connectivity index (χ1v) is 6.70. The molecule has 0 amide bonds. The summed E-state index contributed by atoms with van der Waals surface area (Å²) in [4.78, 5) is 0. The summed E-state index contributed by atoms with van der Waals surface area (Å²) < 4.78 is 0. The molecular formula is C11H13Cl2NS. The largest absolute Gasteiger partial charge is 0.302 e. The fourth-order valence-corrected chi connectivity index (χ4v) is 3.53. The van der Waals surface area contributed by atoms with Crippen LogP contribution >= 0.6 is 35.0 Å². The molecule has 1 heterocycles. The van der Waals surface area contributed by atoms with Gasteiger partial charge in [-0.1, -0.05) is 36.2 Å². The topological polar surface area (TPSA) is 12.0 Å². The quantitative estimate of drug-likeness (QED) is 0.817. The molecule has 1 aliphatic heterocycles. The van der Waals surface area contributed by atoms with Gasteiger partial charge in [0, 0.05) is 15.3 Å². The number of halogens is 2. The van der Waals surface area contributed by atoms with Gasteiger partial charge in [0.05, 0.1) is 5.37 Å². The molecule has 1 aromatic rings. The highest BCUT2D eigenvalue weighted by Crippen LogP contribution is 2.38. The van der Waals surface area contributed by atoms with E-state index in [9.17, 15) is 0 Å². The highest BCUT2D eigenvalue weighted by Gasteiger charge is 2.21. The van der Waals surface area contributed by atoms with Crippen LogP contribution in [0.5, 0.6) is 0 Å². The van der Waals surface area contributed by atoms with Crippen molar-refractivity contribution in [1.82, 2.24) is 5.32 Å². The molecule has 4 heteroatoms. The highest BCUT2D eigenvalue weighted by atomic mass is 35.5. The molecule has 0 bridgehead atoms. The zero-order chi connectivity index (χ0) is 10.8. The van der Waals surface area contributed by atoms with Crippen LogP contribution in [0.1, 0.15) is 24.3 Å². The van der Waals surface area contributed by atoms with Crippen molar-refractivity contribution in [3.63, 3.8) is 0 Å². The van der Waals surface area contributed by atoms with Gasteiger partial charge < -0.3 is 5.32 Å². The average molecular weight is 262 g/mol. The number of nitrogens with one attached hydrogen (secondary N) is 1. The predicted octanol–water partition coefficient (Wildman–Crippen LogP) is 4.11. The maximum Gasteiger partial charge on any atom is 0.0806 e. The molecular weight excluding hydrogens is 249 g/mol. The van der Waals surface area contributed by atoms with Crippen molar-refractivity contribution in [3.8, 4) is 0 Å². The molecule has 15 heavy (non-hydrogen) atoms. The van der Waals surface area contributed by atoms with E-state index in [0.29, 0.717) is 15.6 Å². The Bertz CT molecular complexity index is 356. The smallest absolute Gasteiger partial charge is 0.0806 e. The lowest BCUT2D eigenvalue weighted by atomic mass is 10.2. The molecule has 0 saturated carbocycles. The third-order valence-electron chi connectivity index (χ3n) is 2.49. The van der Waals surface area contributed by atoms with Crippen molar-refractivity contribution >= 4 is 35.0 Å². The average Bonchev–Trinajstić information content (AvgIpc) is 2.17. The van der Waals surface area contributed by atoms with Crippen LogP contribution in [0.4, 0.5) is 0 Å². The van der Waals surface area contributed by atoms with Gasteiger partial charge in [-0.3, -0.25) is 0 Å². The van der Waals surface area contributed by atoms with Crippen molar-refractivity contribution in [2.75, 3.05) is 6.54 Å². The van der Waals surface area contributed by atoms with E-state index in [-0.39, 0.29) is 0 Å². The van der Waals surface area contributed by atoms with E-state index in [1.165, 1.54) is 6.42 Å². The molecule has 0 aliphatic carbocycles. The first-order valence-electron chi connectivity index (χ1n) is 5.00. The lowest BCUT2D eigenvalue weighted by Crippen LogP contribution is -2.28. The molecule has 1 nitrogen and oxygen atoms in total. The minimum Gasteiger partial charge on any atom is -0.302 e. The molecule has 1 fully saturated rings. The summed E-state index contributed by atoms with van der Waals surface area (Å²) in [5.74, 6) is 0. The highest BCUT2D eigenvalue weighted by molar-refractivity contribution is 8.00. The monoisotopic (exact) mass is 261 g/mol. The number of benzene rings is 1. The molecule has 2 rings (SSSR count). The summed E-state index contributed by atoms with van der Waals surface area (Å²) in [6.07, 6.45) is 1.21. The molecule has 82 valence electrons. The predicted molar refractivity (Wildman–Crippen MR) is 68.9 cm³/mol. The van der Waals surface area contributed by atoms with Gasteiger partial charge in [0.15, 0.2) is 0 Å². The van der Waals surface area contributed by atoms with E-state index in [1.807, 2.05) is 23.9 Å². The van der Waals surface area contributed by atoms with Crippen LogP contribution in [0.25, 0.3) is 0 Å². The number of thioether (sulfide) groups is 1. The van der Waals surface area contributed by atoms with Crippen molar-refractivity contribution in [1.29, 1.82) is 0 Å². The normalized spacial score (nSPS) is 26.6. The maximum absolute atomic E-state index is 6.17. The van der Waals surface area contributed by atoms with Gasteiger partial charge >= 0.3 is 0 Å². The molecule has 1 saturated heterocycles. The van der Waals surface area contributed by atoms with Gasteiger partial charge in [-0.2, -0.15) is 0 Å². The van der Waals surface area contributed by atoms with E-state index in [0.717, 1.165) is 17.1 Å². The van der Waals surface area contributed by atoms with Gasteiger partial charge in [-0.25, -0.2) is 0 Å². The second kappa shape index (κ2) is 4.96. The Hall–Kier alpha value is 0.110. The van der Waals surface area contributed by atoms with Crippen LogP contribution in [-0.4, -0.2) is 11.8 Å². The Morgan fingerprint density at radius 2 is 2.20 bits per heavy atom. The van der Waals surface area contributed by atoms with Gasteiger partial charge in [0.1, 0.15) is 0 Å². The minimum absolute atomic E-state index is 0.304. The van der Waals surface area contributed by atoms with Crippen LogP contribution in [0.15, 0.2) is 18.2 Å². The molecule has 0 spiro atoms. The molecule has 2 atom stereocenters. The van der Waals surface area contributed by atoms with E-state index >= 15 is 0 Å². The van der Waals surface area contributed by atoms with E-state index < -0.39 is 0 Å². The first-order chi connectivity index (χ1) is 7.16. The second-order valence-corrected chi connectivity index (χ2v) is 6.13. The van der Waals surface area contributed by atoms with Crippen LogP contribution in [-0.2, 0) is 0 Å². The molecule has 1 aromatic carbocycles. The lowest BCUT2D eigenvalue weighted by molar-refractivity contribution is 0.605. The molecule has 0 aromatic heterocycles. The molecule has 1 aliphatic rings. The van der Waals surface area contributed by atoms with Crippen molar-refractivity contribution in [3.05, 3.63) is 33.8 Å². The standard InChI is InChI=1S/C11H13Cl2NS/c1-7-4-5-14-11(15-7)9-3-2-8(12)6-10(9)13/h2-3,6-7,11,14H,4-5H2,1H3. The fraction of sp³-hybridized carbons (Fsp3) is 0.455. The van der Waals surface area contributed by atoms with Gasteiger partial charge in [0.25, 0.3) is 0 Å². The third-order valence-corrected chi connectivity index (χ3v) is 4.45. The minimum atomic E-state index is 0.304. The third kappa shape index (κ3) is 2.82. The Labute approximate surface area is 105 Å². The van der Waals surface area contributed by atoms with Gasteiger partial charge in [-0.05, 0) is 30.7 Å². The van der Waals surface area contributed by atoms with Crippen molar-refractivity contribution < 1.29 is 0 Å². The first kappa shape index (κ1) is 11.6. The van der Waals surface area contributed by atoms with Gasteiger partial charge in [0.2, 0.25) is 0 Å². The van der Waals surface area contributed by atoms with E-state index in [2.05, 4.69) is 12.2 Å². The Kier molecular flexibility index (Phi) is 3.83. The zero-order valence-electron chi connectivity index (χ0n) is 8.47. The SMILES string of the molecule is CC1CCNC(c2ccc(Cl)cc2Cl)S1. The Balaban J connectivity index is 2.21. The van der Waals surface area contributed by atoms with Crippen LogP contribution in [0.2, 0.25) is 10.0 Å². The lowest BCUT2D eigenvalue weighted by Gasteiger charge is -2.28. The molecule has 0 radical (unpaired) electrons. The van der Waals surface area contributed by atoms with Crippen LogP contribution < -0.4 is 5.32 Å². The van der Waals surface area contributed by atoms with E-state index in [1.54, 1.807) is 6.07 Å². The number of rotatable bonds is 1. The summed E-state index contributed by atoms with van der Waals surface area (Å²) in [6.45, 7) is 3.31. The summed E-state index contributed by atoms with van der Waals surface area (Å²) in [5, 5.41) is 5.89. The second-order valence-electron chi connectivity index (χ2n) is 3.74. The zero-order valence-corrected chi connectivity index (χ0v) is 10.8.